The monoisotopic (exact) mass is 590 g/mol. The molecule has 3 atom stereocenters. The Morgan fingerprint density at radius 3 is 2.16 bits per heavy atom. The summed E-state index contributed by atoms with van der Waals surface area (Å²) < 4.78 is 0. The Labute approximate surface area is 253 Å². The Morgan fingerprint density at radius 1 is 0.818 bits per heavy atom. The number of nitrogens with zero attached hydrogens (tertiary/aromatic N) is 4. The second-order valence-corrected chi connectivity index (χ2v) is 10.0. The Kier molecular flexibility index (Phi) is 9.42. The number of aromatic nitrogens is 5. The summed E-state index contributed by atoms with van der Waals surface area (Å²) in [4.78, 5) is 43.7. The molecule has 12 nitrogen and oxygen atoms in total. The number of hydrogen-bond donors (Lipinski definition) is 5. The van der Waals surface area contributed by atoms with Crippen LogP contribution < -0.4 is 16.0 Å². The lowest BCUT2D eigenvalue weighted by Gasteiger charge is -2.24. The van der Waals surface area contributed by atoms with Crippen LogP contribution in [-0.4, -0.2) is 60.6 Å². The highest BCUT2D eigenvalue weighted by Gasteiger charge is 2.29. The lowest BCUT2D eigenvalue weighted by molar-refractivity contribution is -0.125. The van der Waals surface area contributed by atoms with E-state index in [1.165, 1.54) is 12.1 Å². The number of amides is 3. The van der Waals surface area contributed by atoms with Gasteiger partial charge in [0.05, 0.1) is 12.1 Å². The van der Waals surface area contributed by atoms with E-state index in [-0.39, 0.29) is 23.9 Å². The molecule has 0 aliphatic carbocycles. The van der Waals surface area contributed by atoms with E-state index >= 15 is 0 Å². The third-order valence-electron chi connectivity index (χ3n) is 6.86. The number of H-pyrrole nitrogens is 1. The van der Waals surface area contributed by atoms with Crippen molar-refractivity contribution in [3.8, 4) is 11.4 Å². The molecule has 0 spiro atoms. The summed E-state index contributed by atoms with van der Waals surface area (Å²) in [6.07, 6.45) is -1.48. The van der Waals surface area contributed by atoms with Crippen molar-refractivity contribution in [2.75, 3.05) is 5.32 Å². The van der Waals surface area contributed by atoms with Gasteiger partial charge in [-0.15, -0.1) is 10.2 Å². The van der Waals surface area contributed by atoms with Crippen LogP contribution in [0.1, 0.15) is 45.1 Å². The molecular formula is C32H30N8O4. The Balaban J connectivity index is 1.30. The minimum atomic E-state index is -1.63. The molecule has 3 amide bonds. The average molecular weight is 591 g/mol. The van der Waals surface area contributed by atoms with Crippen molar-refractivity contribution in [2.45, 2.75) is 31.5 Å². The van der Waals surface area contributed by atoms with Crippen molar-refractivity contribution in [3.05, 3.63) is 126 Å². The maximum absolute atomic E-state index is 13.4. The molecule has 0 aliphatic rings. The van der Waals surface area contributed by atoms with Crippen LogP contribution in [0.2, 0.25) is 0 Å². The number of carbonyl (C=O) groups is 3. The van der Waals surface area contributed by atoms with Crippen LogP contribution in [0.15, 0.2) is 103 Å². The van der Waals surface area contributed by atoms with E-state index < -0.39 is 29.9 Å². The first-order chi connectivity index (χ1) is 21.4. The first kappa shape index (κ1) is 29.7. The van der Waals surface area contributed by atoms with Gasteiger partial charge in [0.25, 0.3) is 17.7 Å². The van der Waals surface area contributed by atoms with Gasteiger partial charge in [-0.2, -0.15) is 5.21 Å². The van der Waals surface area contributed by atoms with Gasteiger partial charge < -0.3 is 21.1 Å². The van der Waals surface area contributed by atoms with Crippen LogP contribution in [0.5, 0.6) is 0 Å². The number of anilines is 1. The van der Waals surface area contributed by atoms with Crippen molar-refractivity contribution in [3.63, 3.8) is 0 Å². The number of aromatic amines is 1. The van der Waals surface area contributed by atoms with Crippen LogP contribution in [0, 0.1) is 0 Å². The predicted molar refractivity (Wildman–Crippen MR) is 162 cm³/mol. The third-order valence-corrected chi connectivity index (χ3v) is 6.86. The number of aliphatic hydroxyl groups excluding tert-OH is 1. The van der Waals surface area contributed by atoms with Gasteiger partial charge in [0.15, 0.2) is 6.10 Å². The summed E-state index contributed by atoms with van der Waals surface area (Å²) in [6.45, 7) is 1.85. The Morgan fingerprint density at radius 2 is 1.48 bits per heavy atom. The molecule has 5 aromatic rings. The summed E-state index contributed by atoms with van der Waals surface area (Å²) in [5.74, 6) is -1.48. The van der Waals surface area contributed by atoms with Gasteiger partial charge in [-0.1, -0.05) is 78.9 Å². The van der Waals surface area contributed by atoms with Gasteiger partial charge in [0, 0.05) is 11.3 Å². The number of carbonyl (C=O) groups excluding carboxylic acids is 3. The van der Waals surface area contributed by atoms with Gasteiger partial charge in [-0.3, -0.25) is 14.4 Å². The summed E-state index contributed by atoms with van der Waals surface area (Å²) in [5.41, 5.74) is 2.73. The van der Waals surface area contributed by atoms with E-state index in [2.05, 4.69) is 41.6 Å². The number of hydrogen-bond acceptors (Lipinski definition) is 8. The molecule has 2 aromatic heterocycles. The molecule has 5 rings (SSSR count). The summed E-state index contributed by atoms with van der Waals surface area (Å²) >= 11 is 0. The van der Waals surface area contributed by atoms with Gasteiger partial charge in [0.2, 0.25) is 5.82 Å². The minimum absolute atomic E-state index is 0.0384. The smallest absolute Gasteiger partial charge is 0.270 e. The van der Waals surface area contributed by atoms with Crippen LogP contribution in [0.4, 0.5) is 5.69 Å². The third kappa shape index (κ3) is 7.55. The second kappa shape index (κ2) is 13.9. The quantitative estimate of drug-likeness (QED) is 0.156. The average Bonchev–Trinajstić information content (AvgIpc) is 3.60. The first-order valence-electron chi connectivity index (χ1n) is 13.9. The van der Waals surface area contributed by atoms with E-state index in [1.807, 2.05) is 67.6 Å². The van der Waals surface area contributed by atoms with Gasteiger partial charge in [-0.25, -0.2) is 4.98 Å². The number of aliphatic hydroxyl groups is 1. The normalized spacial score (nSPS) is 12.9. The zero-order valence-electron chi connectivity index (χ0n) is 23.7. The van der Waals surface area contributed by atoms with Crippen molar-refractivity contribution >= 4 is 23.4 Å². The minimum Gasteiger partial charge on any atom is -0.381 e. The molecule has 0 bridgehead atoms. The van der Waals surface area contributed by atoms with Crippen LogP contribution in [0.25, 0.3) is 11.4 Å². The van der Waals surface area contributed by atoms with Crippen LogP contribution in [-0.2, 0) is 11.2 Å². The molecule has 12 heteroatoms. The molecule has 0 aliphatic heterocycles. The summed E-state index contributed by atoms with van der Waals surface area (Å²) in [7, 11) is 0. The SMILES string of the molecule is C[C@@H](NC(=O)c1cccc(C(=O)N[C@@H](Cc2ccccc2)[C@H](O)C(=O)Nc2cccc(-c3nn[nH]n3)c2)n1)c1ccccc1. The first-order valence-corrected chi connectivity index (χ1v) is 13.9. The molecule has 0 saturated carbocycles. The number of tetrazole rings is 1. The Hall–Kier alpha value is -5.75. The molecule has 2 heterocycles. The lowest BCUT2D eigenvalue weighted by atomic mass is 10.00. The molecule has 0 saturated heterocycles. The van der Waals surface area contributed by atoms with E-state index in [9.17, 15) is 19.5 Å². The Bertz CT molecular complexity index is 1720. The molecule has 222 valence electrons. The number of pyridine rings is 1. The van der Waals surface area contributed by atoms with Crippen molar-refractivity contribution in [1.82, 2.24) is 36.2 Å². The van der Waals surface area contributed by atoms with Crippen LogP contribution >= 0.6 is 0 Å². The number of benzene rings is 3. The molecule has 5 N–H and O–H groups in total. The largest absolute Gasteiger partial charge is 0.381 e. The molecule has 0 fully saturated rings. The lowest BCUT2D eigenvalue weighted by Crippen LogP contribution is -2.50. The highest BCUT2D eigenvalue weighted by Crippen LogP contribution is 2.19. The van der Waals surface area contributed by atoms with Crippen LogP contribution in [0.3, 0.4) is 0 Å². The zero-order valence-corrected chi connectivity index (χ0v) is 23.7. The van der Waals surface area contributed by atoms with Crippen molar-refractivity contribution in [2.24, 2.45) is 0 Å². The van der Waals surface area contributed by atoms with Crippen molar-refractivity contribution in [1.29, 1.82) is 0 Å². The molecular weight excluding hydrogens is 560 g/mol. The fourth-order valence-corrected chi connectivity index (χ4v) is 4.55. The van der Waals surface area contributed by atoms with E-state index in [1.54, 1.807) is 30.3 Å². The maximum atomic E-state index is 13.4. The highest BCUT2D eigenvalue weighted by atomic mass is 16.3. The zero-order chi connectivity index (χ0) is 30.9. The highest BCUT2D eigenvalue weighted by molar-refractivity contribution is 5.98. The van der Waals surface area contributed by atoms with E-state index in [4.69, 9.17) is 0 Å². The number of rotatable bonds is 11. The fourth-order valence-electron chi connectivity index (χ4n) is 4.55. The number of nitrogens with one attached hydrogen (secondary N) is 4. The van der Waals surface area contributed by atoms with E-state index in [0.717, 1.165) is 11.1 Å². The predicted octanol–water partition coefficient (Wildman–Crippen LogP) is 3.09. The molecule has 0 unspecified atom stereocenters. The summed E-state index contributed by atoms with van der Waals surface area (Å²) in [6, 6.07) is 28.6. The van der Waals surface area contributed by atoms with Crippen molar-refractivity contribution < 1.29 is 19.5 Å². The van der Waals surface area contributed by atoms with E-state index in [0.29, 0.717) is 17.1 Å². The van der Waals surface area contributed by atoms with Gasteiger partial charge in [-0.05, 0) is 54.0 Å². The maximum Gasteiger partial charge on any atom is 0.270 e. The van der Waals surface area contributed by atoms with Gasteiger partial charge in [0.1, 0.15) is 11.4 Å². The topological polar surface area (TPSA) is 175 Å². The fraction of sp³-hybridized carbons (Fsp3) is 0.156. The molecule has 0 radical (unpaired) electrons. The standard InChI is InChI=1S/C32H30N8O4/c1-20(22-12-6-3-7-13-22)33-30(42)25-16-9-17-26(35-25)31(43)36-27(18-21-10-4-2-5-11-21)28(41)32(44)34-24-15-8-14-23(19-24)29-37-39-40-38-29/h2-17,19-20,27-28,41H,18H2,1H3,(H,33,42)(H,34,44)(H,36,43)(H,37,38,39,40)/t20-,27+,28+/m1/s1. The molecule has 44 heavy (non-hydrogen) atoms. The summed E-state index contributed by atoms with van der Waals surface area (Å²) in [5, 5.41) is 33.2. The van der Waals surface area contributed by atoms with Gasteiger partial charge >= 0.3 is 0 Å². The molecule has 3 aromatic carbocycles. The second-order valence-electron chi connectivity index (χ2n) is 10.0.